The molecule has 1 aliphatic heterocycles. The molecule has 208 valence electrons. The SMILES string of the molecule is CC1=CC(=O)C2=C(C[C@@H]3C(=CC[C@@H]4C(=O)N(c5cccc([N+](=O)[O-])c5)C(=O)[C@@H]43)[C@@H]2c2c(O)ccc3ccccc23)C1=O. The number of nitro groups is 1. The fraction of sp³-hybridized carbons (Fsp3) is 0.212. The Balaban J connectivity index is 1.41. The number of hydrogen-bond donors (Lipinski definition) is 1. The minimum Gasteiger partial charge on any atom is -0.508 e. The summed E-state index contributed by atoms with van der Waals surface area (Å²) in [6, 6.07) is 16.2. The minimum absolute atomic E-state index is 0.0345. The first kappa shape index (κ1) is 25.8. The Kier molecular flexibility index (Phi) is 5.63. The zero-order chi connectivity index (χ0) is 29.4. The summed E-state index contributed by atoms with van der Waals surface area (Å²) in [6.07, 6.45) is 3.53. The van der Waals surface area contributed by atoms with Crippen LogP contribution < -0.4 is 4.90 Å². The highest BCUT2D eigenvalue weighted by Crippen LogP contribution is 2.57. The van der Waals surface area contributed by atoms with Gasteiger partial charge >= 0.3 is 0 Å². The van der Waals surface area contributed by atoms with Crippen molar-refractivity contribution in [3.8, 4) is 5.75 Å². The Hall–Kier alpha value is -5.18. The number of phenols is 1. The molecule has 4 aliphatic rings. The lowest BCUT2D eigenvalue weighted by Crippen LogP contribution is -2.39. The summed E-state index contributed by atoms with van der Waals surface area (Å²) in [5.74, 6) is -4.52. The number of phenolic OH excluding ortho intramolecular Hbond substituents is 1. The van der Waals surface area contributed by atoms with Gasteiger partial charge in [-0.05, 0) is 54.7 Å². The van der Waals surface area contributed by atoms with Crippen LogP contribution in [0.2, 0.25) is 0 Å². The third-order valence-corrected chi connectivity index (χ3v) is 9.10. The van der Waals surface area contributed by atoms with Crippen molar-refractivity contribution < 1.29 is 29.2 Å². The number of allylic oxidation sites excluding steroid dienone is 6. The maximum atomic E-state index is 14.1. The second-order valence-corrected chi connectivity index (χ2v) is 11.2. The zero-order valence-corrected chi connectivity index (χ0v) is 22.4. The van der Waals surface area contributed by atoms with Gasteiger partial charge in [0.15, 0.2) is 11.6 Å². The van der Waals surface area contributed by atoms with Crippen molar-refractivity contribution in [3.05, 3.63) is 111 Å². The molecule has 3 aromatic carbocycles. The van der Waals surface area contributed by atoms with Gasteiger partial charge in [-0.15, -0.1) is 0 Å². The van der Waals surface area contributed by atoms with Crippen LogP contribution in [0.3, 0.4) is 0 Å². The molecule has 0 unspecified atom stereocenters. The normalized spacial score (nSPS) is 25.2. The van der Waals surface area contributed by atoms with E-state index in [9.17, 15) is 34.4 Å². The molecule has 0 radical (unpaired) electrons. The van der Waals surface area contributed by atoms with Crippen LogP contribution in [-0.2, 0) is 19.2 Å². The van der Waals surface area contributed by atoms with E-state index in [2.05, 4.69) is 0 Å². The number of amides is 2. The molecule has 1 fully saturated rings. The van der Waals surface area contributed by atoms with Crippen molar-refractivity contribution in [1.82, 2.24) is 0 Å². The summed E-state index contributed by atoms with van der Waals surface area (Å²) < 4.78 is 0. The number of carbonyl (C=O) groups excluding carboxylic acids is 4. The van der Waals surface area contributed by atoms with E-state index < -0.39 is 40.4 Å². The number of rotatable bonds is 3. The zero-order valence-electron chi connectivity index (χ0n) is 22.4. The second-order valence-electron chi connectivity index (χ2n) is 11.2. The number of Topliss-reactive ketones (excluding diaryl/α,β-unsaturated/α-hetero) is 1. The highest BCUT2D eigenvalue weighted by atomic mass is 16.6. The molecule has 9 nitrogen and oxygen atoms in total. The first-order chi connectivity index (χ1) is 20.2. The van der Waals surface area contributed by atoms with E-state index >= 15 is 0 Å². The van der Waals surface area contributed by atoms with Gasteiger partial charge in [0, 0.05) is 40.3 Å². The Bertz CT molecular complexity index is 1900. The van der Waals surface area contributed by atoms with Gasteiger partial charge in [-0.1, -0.05) is 48.0 Å². The third kappa shape index (κ3) is 3.56. The molecule has 0 spiro atoms. The molecule has 0 saturated carbocycles. The van der Waals surface area contributed by atoms with Crippen LogP contribution in [0.15, 0.2) is 95.1 Å². The van der Waals surface area contributed by atoms with Crippen LogP contribution in [0.1, 0.15) is 31.2 Å². The summed E-state index contributed by atoms with van der Waals surface area (Å²) in [6.45, 7) is 1.58. The van der Waals surface area contributed by atoms with Gasteiger partial charge in [0.25, 0.3) is 5.69 Å². The van der Waals surface area contributed by atoms with Gasteiger partial charge in [0.2, 0.25) is 11.8 Å². The number of nitrogens with zero attached hydrogens (tertiary/aromatic N) is 2. The molecule has 2 amide bonds. The van der Waals surface area contributed by atoms with Crippen molar-refractivity contribution in [2.75, 3.05) is 4.90 Å². The number of non-ortho nitro benzene ring substituents is 1. The molecule has 7 rings (SSSR count). The molecule has 3 aliphatic carbocycles. The van der Waals surface area contributed by atoms with E-state index in [-0.39, 0.29) is 41.5 Å². The predicted molar refractivity (Wildman–Crippen MR) is 153 cm³/mol. The summed E-state index contributed by atoms with van der Waals surface area (Å²) in [5.41, 5.74) is 1.98. The molecule has 0 bridgehead atoms. The van der Waals surface area contributed by atoms with Gasteiger partial charge in [-0.2, -0.15) is 0 Å². The number of hydrogen-bond acceptors (Lipinski definition) is 7. The van der Waals surface area contributed by atoms with Gasteiger partial charge in [0.05, 0.1) is 22.4 Å². The number of imide groups is 1. The number of fused-ring (bicyclic) bond motifs is 4. The average molecular weight is 561 g/mol. The average Bonchev–Trinajstić information content (AvgIpc) is 3.24. The third-order valence-electron chi connectivity index (χ3n) is 9.10. The van der Waals surface area contributed by atoms with E-state index in [1.165, 1.54) is 30.3 Å². The van der Waals surface area contributed by atoms with Gasteiger partial charge in [0.1, 0.15) is 5.75 Å². The maximum absolute atomic E-state index is 14.1. The molecule has 1 heterocycles. The molecular weight excluding hydrogens is 536 g/mol. The summed E-state index contributed by atoms with van der Waals surface area (Å²) in [7, 11) is 0. The number of ketones is 2. The van der Waals surface area contributed by atoms with Crippen molar-refractivity contribution in [1.29, 1.82) is 0 Å². The Morgan fingerprint density at radius 2 is 1.74 bits per heavy atom. The molecule has 1 saturated heterocycles. The van der Waals surface area contributed by atoms with Crippen molar-refractivity contribution in [2.24, 2.45) is 17.8 Å². The van der Waals surface area contributed by atoms with Crippen LogP contribution >= 0.6 is 0 Å². The van der Waals surface area contributed by atoms with Crippen LogP contribution in [0.5, 0.6) is 5.75 Å². The summed E-state index contributed by atoms with van der Waals surface area (Å²) in [4.78, 5) is 66.7. The molecular formula is C33H24N2O7. The fourth-order valence-electron chi connectivity index (χ4n) is 7.30. The van der Waals surface area contributed by atoms with Gasteiger partial charge in [-0.3, -0.25) is 29.3 Å². The van der Waals surface area contributed by atoms with Crippen LogP contribution in [0.25, 0.3) is 10.8 Å². The highest BCUT2D eigenvalue weighted by molar-refractivity contribution is 6.25. The lowest BCUT2D eigenvalue weighted by atomic mass is 9.59. The largest absolute Gasteiger partial charge is 0.508 e. The van der Waals surface area contributed by atoms with Crippen molar-refractivity contribution in [3.63, 3.8) is 0 Å². The number of carbonyl (C=O) groups is 4. The first-order valence-corrected chi connectivity index (χ1v) is 13.7. The van der Waals surface area contributed by atoms with Crippen LogP contribution in [0, 0.1) is 27.9 Å². The smallest absolute Gasteiger partial charge is 0.271 e. The van der Waals surface area contributed by atoms with E-state index in [0.717, 1.165) is 21.2 Å². The van der Waals surface area contributed by atoms with Crippen LogP contribution in [0.4, 0.5) is 11.4 Å². The molecule has 9 heteroatoms. The van der Waals surface area contributed by atoms with E-state index in [1.807, 2.05) is 30.3 Å². The molecule has 4 atom stereocenters. The van der Waals surface area contributed by atoms with Gasteiger partial charge in [-0.25, -0.2) is 4.90 Å². The highest BCUT2D eigenvalue weighted by Gasteiger charge is 2.57. The predicted octanol–water partition coefficient (Wildman–Crippen LogP) is 5.09. The number of anilines is 1. The molecule has 42 heavy (non-hydrogen) atoms. The maximum Gasteiger partial charge on any atom is 0.271 e. The van der Waals surface area contributed by atoms with E-state index in [0.29, 0.717) is 22.3 Å². The number of nitro benzene ring substituents is 1. The van der Waals surface area contributed by atoms with Crippen LogP contribution in [-0.4, -0.2) is 33.4 Å². The lowest BCUT2D eigenvalue weighted by Gasteiger charge is -2.42. The Morgan fingerprint density at radius 3 is 2.52 bits per heavy atom. The Labute approximate surface area is 239 Å². The number of aromatic hydroxyl groups is 1. The van der Waals surface area contributed by atoms with Gasteiger partial charge < -0.3 is 5.11 Å². The Morgan fingerprint density at radius 1 is 0.952 bits per heavy atom. The molecule has 0 aromatic heterocycles. The standard InChI is InChI=1S/C33H24N2O7/c1-16-13-26(37)29-24(31(16)38)15-23-21(30(29)28-20-8-3-2-5-17(20)9-12-25(28)36)10-11-22-27(23)33(40)34(32(22)39)18-6-4-7-19(14-18)35(41)42/h2-10,12-14,22-23,27,30,36H,11,15H2,1H3/t22-,23+,27-,30+/m0/s1. The minimum atomic E-state index is -0.834. The summed E-state index contributed by atoms with van der Waals surface area (Å²) in [5, 5.41) is 24.2. The molecule has 1 N–H and O–H groups in total. The topological polar surface area (TPSA) is 135 Å². The van der Waals surface area contributed by atoms with E-state index in [4.69, 9.17) is 0 Å². The number of benzene rings is 3. The molecule has 3 aromatic rings. The first-order valence-electron chi connectivity index (χ1n) is 13.7. The second kappa shape index (κ2) is 9.17. The summed E-state index contributed by atoms with van der Waals surface area (Å²) >= 11 is 0. The fourth-order valence-corrected chi connectivity index (χ4v) is 7.30. The van der Waals surface area contributed by atoms with Crippen molar-refractivity contribution in [2.45, 2.75) is 25.7 Å². The quantitative estimate of drug-likeness (QED) is 0.155. The van der Waals surface area contributed by atoms with Crippen molar-refractivity contribution >= 4 is 45.5 Å². The van der Waals surface area contributed by atoms with E-state index in [1.54, 1.807) is 19.1 Å². The lowest BCUT2D eigenvalue weighted by molar-refractivity contribution is -0.384. The monoisotopic (exact) mass is 560 g/mol.